The summed E-state index contributed by atoms with van der Waals surface area (Å²) in [6.07, 6.45) is 4.40. The molecule has 0 aliphatic carbocycles. The highest BCUT2D eigenvalue weighted by molar-refractivity contribution is 5.03. The molecule has 1 aliphatic rings. The molecule has 4 heteroatoms. The second-order valence-electron chi connectivity index (χ2n) is 3.88. The summed E-state index contributed by atoms with van der Waals surface area (Å²) in [5, 5.41) is 4.47. The van der Waals surface area contributed by atoms with E-state index in [1.165, 1.54) is 18.7 Å². The summed E-state index contributed by atoms with van der Waals surface area (Å²) in [5.74, 6) is 2.68. The second-order valence-corrected chi connectivity index (χ2v) is 3.88. The average Bonchev–Trinajstić information content (AvgIpc) is 2.62. The Morgan fingerprint density at radius 2 is 2.43 bits per heavy atom. The van der Waals surface area contributed by atoms with Gasteiger partial charge in [-0.3, -0.25) is 0 Å². The lowest BCUT2D eigenvalue weighted by Crippen LogP contribution is -2.19. The van der Waals surface area contributed by atoms with Gasteiger partial charge in [0, 0.05) is 18.9 Å². The number of hydrogen-bond acceptors (Lipinski definition) is 3. The molecule has 0 bridgehead atoms. The molecule has 1 aliphatic heterocycles. The monoisotopic (exact) mass is 194 g/mol. The number of hydrogen-bond donors (Lipinski definition) is 1. The molecule has 2 heterocycles. The van der Waals surface area contributed by atoms with Crippen LogP contribution in [0.3, 0.4) is 0 Å². The van der Waals surface area contributed by atoms with Crippen molar-refractivity contribution in [3.8, 4) is 0 Å². The molecule has 1 unspecified atom stereocenters. The molecule has 0 saturated carbocycles. The number of fused-ring (bicyclic) bond motifs is 1. The molecule has 0 fully saturated rings. The summed E-state index contributed by atoms with van der Waals surface area (Å²) in [5.41, 5.74) is 5.60. The third-order valence-corrected chi connectivity index (χ3v) is 2.86. The Balaban J connectivity index is 2.24. The zero-order valence-electron chi connectivity index (χ0n) is 8.74. The summed E-state index contributed by atoms with van der Waals surface area (Å²) in [6, 6.07) is 0. The van der Waals surface area contributed by atoms with Crippen LogP contribution in [-0.2, 0) is 13.0 Å². The molecular formula is C10H18N4. The molecule has 4 nitrogen and oxygen atoms in total. The zero-order chi connectivity index (χ0) is 9.97. The Hall–Kier alpha value is -0.900. The fourth-order valence-electron chi connectivity index (χ4n) is 2.11. The lowest BCUT2D eigenvalue weighted by Gasteiger charge is -2.21. The maximum atomic E-state index is 5.60. The van der Waals surface area contributed by atoms with E-state index in [0.717, 1.165) is 31.8 Å². The standard InChI is InChI=1S/C10H18N4/c1-2-9-12-10-8(5-6-11)4-3-7-14(10)13-9/h8H,2-7,11H2,1H3. The first kappa shape index (κ1) is 9.65. The van der Waals surface area contributed by atoms with E-state index in [4.69, 9.17) is 5.73 Å². The quantitative estimate of drug-likeness (QED) is 0.783. The van der Waals surface area contributed by atoms with Gasteiger partial charge in [-0.2, -0.15) is 5.10 Å². The molecule has 78 valence electrons. The second kappa shape index (κ2) is 4.09. The first-order valence-corrected chi connectivity index (χ1v) is 5.48. The molecule has 14 heavy (non-hydrogen) atoms. The van der Waals surface area contributed by atoms with Crippen LogP contribution in [0.1, 0.15) is 43.8 Å². The third-order valence-electron chi connectivity index (χ3n) is 2.86. The van der Waals surface area contributed by atoms with E-state index in [1.807, 2.05) is 0 Å². The fourth-order valence-corrected chi connectivity index (χ4v) is 2.11. The van der Waals surface area contributed by atoms with Crippen LogP contribution >= 0.6 is 0 Å². The molecule has 0 radical (unpaired) electrons. The van der Waals surface area contributed by atoms with Crippen LogP contribution in [0.25, 0.3) is 0 Å². The number of aromatic nitrogens is 3. The van der Waals surface area contributed by atoms with Crippen molar-refractivity contribution in [2.75, 3.05) is 6.54 Å². The smallest absolute Gasteiger partial charge is 0.150 e. The Morgan fingerprint density at radius 3 is 3.14 bits per heavy atom. The van der Waals surface area contributed by atoms with Crippen molar-refractivity contribution >= 4 is 0 Å². The summed E-state index contributed by atoms with van der Waals surface area (Å²) in [6.45, 7) is 3.88. The number of nitrogens with zero attached hydrogens (tertiary/aromatic N) is 3. The largest absolute Gasteiger partial charge is 0.330 e. The predicted octanol–water partition coefficient (Wildman–Crippen LogP) is 1.07. The molecule has 1 atom stereocenters. The molecule has 0 amide bonds. The lowest BCUT2D eigenvalue weighted by atomic mass is 9.96. The van der Waals surface area contributed by atoms with Crippen LogP contribution in [0.15, 0.2) is 0 Å². The van der Waals surface area contributed by atoms with Crippen LogP contribution in [-0.4, -0.2) is 21.3 Å². The van der Waals surface area contributed by atoms with E-state index in [2.05, 4.69) is 21.7 Å². The van der Waals surface area contributed by atoms with E-state index >= 15 is 0 Å². The third kappa shape index (κ3) is 1.66. The van der Waals surface area contributed by atoms with Crippen LogP contribution in [0, 0.1) is 0 Å². The van der Waals surface area contributed by atoms with Gasteiger partial charge in [0.15, 0.2) is 5.82 Å². The minimum Gasteiger partial charge on any atom is -0.330 e. The highest BCUT2D eigenvalue weighted by Gasteiger charge is 2.22. The molecule has 0 aromatic carbocycles. The molecule has 1 aromatic heterocycles. The highest BCUT2D eigenvalue weighted by Crippen LogP contribution is 2.27. The van der Waals surface area contributed by atoms with Gasteiger partial charge in [-0.05, 0) is 25.8 Å². The summed E-state index contributed by atoms with van der Waals surface area (Å²) < 4.78 is 2.07. The molecule has 1 aromatic rings. The van der Waals surface area contributed by atoms with E-state index in [-0.39, 0.29) is 0 Å². The van der Waals surface area contributed by atoms with Gasteiger partial charge in [0.25, 0.3) is 0 Å². The number of aryl methyl sites for hydroxylation is 2. The highest BCUT2D eigenvalue weighted by atomic mass is 15.4. The van der Waals surface area contributed by atoms with Crippen molar-refractivity contribution in [1.29, 1.82) is 0 Å². The van der Waals surface area contributed by atoms with Crippen LogP contribution in [0.2, 0.25) is 0 Å². The Kier molecular flexibility index (Phi) is 2.82. The van der Waals surface area contributed by atoms with Gasteiger partial charge in [0.1, 0.15) is 5.82 Å². The normalized spacial score (nSPS) is 20.9. The summed E-state index contributed by atoms with van der Waals surface area (Å²) >= 11 is 0. The average molecular weight is 194 g/mol. The topological polar surface area (TPSA) is 56.7 Å². The Labute approximate surface area is 84.5 Å². The van der Waals surface area contributed by atoms with Crippen LogP contribution < -0.4 is 5.73 Å². The molecular weight excluding hydrogens is 176 g/mol. The lowest BCUT2D eigenvalue weighted by molar-refractivity contribution is 0.403. The SMILES string of the molecule is CCc1nc2n(n1)CCCC2CCN. The van der Waals surface area contributed by atoms with Crippen molar-refractivity contribution in [2.45, 2.75) is 45.1 Å². The fraction of sp³-hybridized carbons (Fsp3) is 0.800. The minimum absolute atomic E-state index is 0.543. The van der Waals surface area contributed by atoms with Crippen molar-refractivity contribution in [3.05, 3.63) is 11.6 Å². The molecule has 2 N–H and O–H groups in total. The molecule has 0 spiro atoms. The van der Waals surface area contributed by atoms with Crippen molar-refractivity contribution in [1.82, 2.24) is 14.8 Å². The summed E-state index contributed by atoms with van der Waals surface area (Å²) in [7, 11) is 0. The maximum Gasteiger partial charge on any atom is 0.150 e. The van der Waals surface area contributed by atoms with Crippen LogP contribution in [0.4, 0.5) is 0 Å². The van der Waals surface area contributed by atoms with Crippen molar-refractivity contribution in [2.24, 2.45) is 5.73 Å². The first-order chi connectivity index (χ1) is 6.85. The zero-order valence-corrected chi connectivity index (χ0v) is 8.74. The van der Waals surface area contributed by atoms with Gasteiger partial charge in [-0.25, -0.2) is 9.67 Å². The summed E-state index contributed by atoms with van der Waals surface area (Å²) in [4.78, 5) is 4.57. The van der Waals surface area contributed by atoms with Gasteiger partial charge in [0.05, 0.1) is 0 Å². The van der Waals surface area contributed by atoms with E-state index in [9.17, 15) is 0 Å². The van der Waals surface area contributed by atoms with E-state index in [0.29, 0.717) is 5.92 Å². The van der Waals surface area contributed by atoms with Crippen molar-refractivity contribution in [3.63, 3.8) is 0 Å². The van der Waals surface area contributed by atoms with Gasteiger partial charge < -0.3 is 5.73 Å². The van der Waals surface area contributed by atoms with Crippen molar-refractivity contribution < 1.29 is 0 Å². The first-order valence-electron chi connectivity index (χ1n) is 5.48. The van der Waals surface area contributed by atoms with E-state index < -0.39 is 0 Å². The molecule has 2 rings (SSSR count). The number of nitrogens with two attached hydrogens (primary N) is 1. The Morgan fingerprint density at radius 1 is 1.57 bits per heavy atom. The Bertz CT molecular complexity index is 305. The predicted molar refractivity (Wildman–Crippen MR) is 55.0 cm³/mol. The van der Waals surface area contributed by atoms with Crippen LogP contribution in [0.5, 0.6) is 0 Å². The van der Waals surface area contributed by atoms with Gasteiger partial charge in [-0.15, -0.1) is 0 Å². The van der Waals surface area contributed by atoms with Gasteiger partial charge in [0.2, 0.25) is 0 Å². The molecule has 0 saturated heterocycles. The van der Waals surface area contributed by atoms with Gasteiger partial charge in [-0.1, -0.05) is 6.92 Å². The van der Waals surface area contributed by atoms with E-state index in [1.54, 1.807) is 0 Å². The van der Waals surface area contributed by atoms with Gasteiger partial charge >= 0.3 is 0 Å². The minimum atomic E-state index is 0.543. The number of rotatable bonds is 3. The maximum absolute atomic E-state index is 5.60.